The van der Waals surface area contributed by atoms with Crippen molar-refractivity contribution in [3.8, 4) is 5.75 Å². The summed E-state index contributed by atoms with van der Waals surface area (Å²) >= 11 is 0. The third kappa shape index (κ3) is 3.77. The molecule has 0 aliphatic heterocycles. The Labute approximate surface area is 94.1 Å². The Bertz CT molecular complexity index is 355. The highest BCUT2D eigenvalue weighted by Gasteiger charge is 2.14. The van der Waals surface area contributed by atoms with Crippen LogP contribution in [0.25, 0.3) is 0 Å². The summed E-state index contributed by atoms with van der Waals surface area (Å²) in [5.74, 6) is -0.966. The molecular weight excluding hydrogens is 218 g/mol. The van der Waals surface area contributed by atoms with Gasteiger partial charge in [0, 0.05) is 6.42 Å². The van der Waals surface area contributed by atoms with Crippen LogP contribution in [0, 0.1) is 6.92 Å². The molecule has 0 amide bonds. The van der Waals surface area contributed by atoms with Crippen LogP contribution in [0.5, 0.6) is 5.75 Å². The number of benzene rings is 1. The van der Waals surface area contributed by atoms with Crippen molar-refractivity contribution in [1.82, 2.24) is 0 Å². The predicted octanol–water partition coefficient (Wildman–Crippen LogP) is 1.08. The average Bonchev–Trinajstić information content (AvgIpc) is 2.09. The zero-order chi connectivity index (χ0) is 10.7. The van der Waals surface area contributed by atoms with Crippen LogP contribution in [0.4, 0.5) is 0 Å². The topological polar surface area (TPSA) is 83.6 Å². The van der Waals surface area contributed by atoms with Gasteiger partial charge in [-0.25, -0.2) is 0 Å². The van der Waals surface area contributed by atoms with Crippen molar-refractivity contribution in [1.29, 1.82) is 0 Å². The molecule has 0 aromatic heterocycles. The van der Waals surface area contributed by atoms with Crippen molar-refractivity contribution in [2.75, 3.05) is 0 Å². The predicted molar refractivity (Wildman–Crippen MR) is 59.4 cm³/mol. The number of halogens is 1. The molecule has 1 aromatic carbocycles. The lowest BCUT2D eigenvalue weighted by molar-refractivity contribution is -0.138. The fourth-order valence-electron chi connectivity index (χ4n) is 1.17. The summed E-state index contributed by atoms with van der Waals surface area (Å²) in [5, 5.41) is 18.1. The van der Waals surface area contributed by atoms with Crippen molar-refractivity contribution in [3.05, 3.63) is 29.3 Å². The first-order valence-electron chi connectivity index (χ1n) is 4.27. The SMILES string of the molecule is Cc1ccc(CC(N)C(=O)O)c(O)c1.Cl. The molecular formula is C10H14ClNO3. The van der Waals surface area contributed by atoms with E-state index in [4.69, 9.17) is 10.8 Å². The minimum Gasteiger partial charge on any atom is -0.508 e. The minimum absolute atomic E-state index is 0. The van der Waals surface area contributed by atoms with Crippen molar-refractivity contribution >= 4 is 18.4 Å². The van der Waals surface area contributed by atoms with Gasteiger partial charge in [0.2, 0.25) is 0 Å². The minimum atomic E-state index is -1.06. The molecule has 0 fully saturated rings. The number of hydrogen-bond acceptors (Lipinski definition) is 3. The Balaban J connectivity index is 0.00000196. The molecule has 0 bridgehead atoms. The summed E-state index contributed by atoms with van der Waals surface area (Å²) < 4.78 is 0. The summed E-state index contributed by atoms with van der Waals surface area (Å²) in [5.41, 5.74) is 6.83. The molecule has 5 heteroatoms. The smallest absolute Gasteiger partial charge is 0.320 e. The van der Waals surface area contributed by atoms with E-state index < -0.39 is 12.0 Å². The number of phenols is 1. The number of carboxylic acid groups (broad SMARTS) is 1. The van der Waals surface area contributed by atoms with Crippen LogP contribution in [0.1, 0.15) is 11.1 Å². The summed E-state index contributed by atoms with van der Waals surface area (Å²) in [6, 6.07) is 4.12. The molecule has 0 radical (unpaired) electrons. The summed E-state index contributed by atoms with van der Waals surface area (Å²) in [6.45, 7) is 1.85. The lowest BCUT2D eigenvalue weighted by atomic mass is 10.0. The Morgan fingerprint density at radius 2 is 2.13 bits per heavy atom. The standard InChI is InChI=1S/C10H13NO3.ClH/c1-6-2-3-7(9(12)4-6)5-8(11)10(13)14;/h2-4,8,12H,5,11H2,1H3,(H,13,14);1H. The highest BCUT2D eigenvalue weighted by atomic mass is 35.5. The Morgan fingerprint density at radius 1 is 1.53 bits per heavy atom. The Hall–Kier alpha value is -1.26. The number of hydrogen-bond donors (Lipinski definition) is 3. The number of aliphatic carboxylic acids is 1. The maximum absolute atomic E-state index is 10.5. The first-order chi connectivity index (χ1) is 6.50. The lowest BCUT2D eigenvalue weighted by Crippen LogP contribution is -2.32. The second kappa shape index (κ2) is 5.58. The van der Waals surface area contributed by atoms with Crippen LogP contribution in [0.15, 0.2) is 18.2 Å². The first-order valence-corrected chi connectivity index (χ1v) is 4.27. The average molecular weight is 232 g/mol. The van der Waals surface area contributed by atoms with Crippen LogP contribution < -0.4 is 5.73 Å². The highest BCUT2D eigenvalue weighted by molar-refractivity contribution is 5.85. The molecule has 1 unspecified atom stereocenters. The van der Waals surface area contributed by atoms with Crippen molar-refractivity contribution < 1.29 is 15.0 Å². The number of carboxylic acids is 1. The zero-order valence-corrected chi connectivity index (χ0v) is 9.12. The fraction of sp³-hybridized carbons (Fsp3) is 0.300. The number of aromatic hydroxyl groups is 1. The van der Waals surface area contributed by atoms with Crippen LogP contribution in [-0.4, -0.2) is 22.2 Å². The van der Waals surface area contributed by atoms with Gasteiger partial charge < -0.3 is 15.9 Å². The summed E-state index contributed by atoms with van der Waals surface area (Å²) in [4.78, 5) is 10.5. The van der Waals surface area contributed by atoms with Gasteiger partial charge in [-0.05, 0) is 24.1 Å². The molecule has 1 atom stereocenters. The van der Waals surface area contributed by atoms with Gasteiger partial charge in [-0.3, -0.25) is 4.79 Å². The van der Waals surface area contributed by atoms with Crippen LogP contribution in [0.3, 0.4) is 0 Å². The number of rotatable bonds is 3. The van der Waals surface area contributed by atoms with Crippen LogP contribution >= 0.6 is 12.4 Å². The molecule has 0 spiro atoms. The van der Waals surface area contributed by atoms with Gasteiger partial charge in [0.15, 0.2) is 0 Å². The van der Waals surface area contributed by atoms with Crippen molar-refractivity contribution in [2.24, 2.45) is 5.73 Å². The van der Waals surface area contributed by atoms with Gasteiger partial charge >= 0.3 is 5.97 Å². The molecule has 0 aliphatic carbocycles. The monoisotopic (exact) mass is 231 g/mol. The normalized spacial score (nSPS) is 11.6. The molecule has 1 rings (SSSR count). The molecule has 0 aliphatic rings. The first kappa shape index (κ1) is 13.7. The molecule has 1 aromatic rings. The van der Waals surface area contributed by atoms with Crippen molar-refractivity contribution in [3.63, 3.8) is 0 Å². The van der Waals surface area contributed by atoms with Gasteiger partial charge in [-0.15, -0.1) is 12.4 Å². The Morgan fingerprint density at radius 3 is 2.60 bits per heavy atom. The third-order valence-corrected chi connectivity index (χ3v) is 2.00. The zero-order valence-electron chi connectivity index (χ0n) is 8.30. The van der Waals surface area contributed by atoms with Gasteiger partial charge in [-0.2, -0.15) is 0 Å². The fourth-order valence-corrected chi connectivity index (χ4v) is 1.17. The molecule has 84 valence electrons. The lowest BCUT2D eigenvalue weighted by Gasteiger charge is -2.08. The number of carbonyl (C=O) groups is 1. The van der Waals surface area contributed by atoms with Crippen molar-refractivity contribution in [2.45, 2.75) is 19.4 Å². The number of aryl methyl sites for hydroxylation is 1. The number of phenolic OH excluding ortho intramolecular Hbond substituents is 1. The van der Waals surface area contributed by atoms with E-state index in [1.54, 1.807) is 12.1 Å². The van der Waals surface area contributed by atoms with Gasteiger partial charge in [0.25, 0.3) is 0 Å². The van der Waals surface area contributed by atoms with E-state index in [-0.39, 0.29) is 24.6 Å². The van der Waals surface area contributed by atoms with Gasteiger partial charge in [0.05, 0.1) is 0 Å². The molecule has 4 N–H and O–H groups in total. The van der Waals surface area contributed by atoms with E-state index >= 15 is 0 Å². The molecule has 4 nitrogen and oxygen atoms in total. The van der Waals surface area contributed by atoms with Crippen LogP contribution in [0.2, 0.25) is 0 Å². The quantitative estimate of drug-likeness (QED) is 0.727. The van der Waals surface area contributed by atoms with E-state index in [2.05, 4.69) is 0 Å². The van der Waals surface area contributed by atoms with E-state index in [0.29, 0.717) is 5.56 Å². The van der Waals surface area contributed by atoms with E-state index in [1.165, 1.54) is 0 Å². The van der Waals surface area contributed by atoms with E-state index in [1.807, 2.05) is 13.0 Å². The molecule has 0 saturated carbocycles. The molecule has 0 heterocycles. The van der Waals surface area contributed by atoms with E-state index in [0.717, 1.165) is 5.56 Å². The summed E-state index contributed by atoms with van der Waals surface area (Å²) in [6.07, 6.45) is 0.140. The van der Waals surface area contributed by atoms with E-state index in [9.17, 15) is 9.90 Å². The maximum Gasteiger partial charge on any atom is 0.320 e. The highest BCUT2D eigenvalue weighted by Crippen LogP contribution is 2.19. The largest absolute Gasteiger partial charge is 0.508 e. The number of nitrogens with two attached hydrogens (primary N) is 1. The summed E-state index contributed by atoms with van der Waals surface area (Å²) in [7, 11) is 0. The van der Waals surface area contributed by atoms with Gasteiger partial charge in [-0.1, -0.05) is 12.1 Å². The second-order valence-electron chi connectivity index (χ2n) is 3.28. The maximum atomic E-state index is 10.5. The molecule has 0 saturated heterocycles. The molecule has 15 heavy (non-hydrogen) atoms. The van der Waals surface area contributed by atoms with Crippen LogP contribution in [-0.2, 0) is 11.2 Å². The third-order valence-electron chi connectivity index (χ3n) is 2.00. The Kier molecular flexibility index (Phi) is 5.11. The van der Waals surface area contributed by atoms with Gasteiger partial charge in [0.1, 0.15) is 11.8 Å². The second-order valence-corrected chi connectivity index (χ2v) is 3.28.